The molecule has 3 aliphatic rings. The fourth-order valence-electron chi connectivity index (χ4n) is 12.2. The first-order valence-electron chi connectivity index (χ1n) is 26.7. The van der Waals surface area contributed by atoms with Crippen LogP contribution in [0, 0.1) is 23.7 Å². The van der Waals surface area contributed by atoms with E-state index in [2.05, 4.69) is 136 Å². The van der Waals surface area contributed by atoms with Crippen LogP contribution in [-0.4, -0.2) is 137 Å². The molecule has 392 valence electrons. The Morgan fingerprint density at radius 1 is 0.729 bits per heavy atom. The van der Waals surface area contributed by atoms with E-state index in [-0.39, 0.29) is 36.6 Å². The molecule has 12 heteroatoms. The van der Waals surface area contributed by atoms with Crippen molar-refractivity contribution in [2.75, 3.05) is 40.0 Å². The van der Waals surface area contributed by atoms with Gasteiger partial charge in [0.05, 0.1) is 30.3 Å². The summed E-state index contributed by atoms with van der Waals surface area (Å²) in [5.41, 5.74) is -2.67. The SMILES string of the molecule is C[C@H]1CN(CCCCCC[PH](c2ccccc2)(c2ccccc2)c2ccccc2)[C@H](C)C[C@](C)(O)COC(=O)[C@H](C)[C@@H](O[C@H]2C[C@H](C)[C@@H](O)[C@H](C)O2)[C@H](C)[C@@H](O[C@H]2C[C@@H](N(C)C)C[C@@H](C)O2)[C@](C)(O)C1. The average molecular weight is 991 g/mol. The Kier molecular flexibility index (Phi) is 20.5. The van der Waals surface area contributed by atoms with Crippen molar-refractivity contribution in [3.63, 3.8) is 0 Å². The molecule has 0 radical (unpaired) electrons. The van der Waals surface area contributed by atoms with Gasteiger partial charge in [-0.15, -0.1) is 0 Å². The standard InChI is InChI=1S/C58H91N2O9P/c1-40-36-58(9,64)55(69-52-35-47(59(10)11)34-43(4)66-52)44(5)54(68-51-33-41(2)53(61)46(7)67-51)45(6)56(62)65-39-57(8,63)37-42(3)60(38-40)31-23-12-13-24-32-70(48-25-17-14-18-26-48,49-27-19-15-20-28-49)50-29-21-16-22-30-50/h14-22,25-30,40-47,51-55,61,63-64,70H,12-13,23-24,31-39H2,1-11H3/t40-,41+,42-,43-,44+,45-,46+,47+,51+,52+,53-,54+,55-,57+,58-/m1/s1. The summed E-state index contributed by atoms with van der Waals surface area (Å²) in [7, 11) is 1.83. The van der Waals surface area contributed by atoms with Gasteiger partial charge < -0.3 is 29.0 Å². The third-order valence-corrected chi connectivity index (χ3v) is 21.1. The van der Waals surface area contributed by atoms with Crippen molar-refractivity contribution >= 4 is 29.1 Å². The zero-order chi connectivity index (χ0) is 50.8. The van der Waals surface area contributed by atoms with E-state index in [1.807, 2.05) is 27.7 Å². The molecular formula is C58H91N2O9P. The van der Waals surface area contributed by atoms with Crippen LogP contribution >= 0.6 is 7.26 Å². The summed E-state index contributed by atoms with van der Waals surface area (Å²) in [6, 6.07) is 33.6. The summed E-state index contributed by atoms with van der Waals surface area (Å²) in [4.78, 5) is 18.9. The van der Waals surface area contributed by atoms with Crippen molar-refractivity contribution in [3.05, 3.63) is 91.0 Å². The number of carbonyl (C=O) groups is 1. The molecule has 0 bridgehead atoms. The van der Waals surface area contributed by atoms with Crippen molar-refractivity contribution in [1.29, 1.82) is 0 Å². The van der Waals surface area contributed by atoms with E-state index in [1.54, 1.807) is 13.8 Å². The Balaban J connectivity index is 1.23. The van der Waals surface area contributed by atoms with Gasteiger partial charge in [-0.2, -0.15) is 0 Å². The van der Waals surface area contributed by atoms with Crippen LogP contribution in [0.15, 0.2) is 91.0 Å². The third kappa shape index (κ3) is 14.7. The molecular weight excluding hydrogens is 900 g/mol. The van der Waals surface area contributed by atoms with Crippen molar-refractivity contribution in [3.8, 4) is 0 Å². The van der Waals surface area contributed by atoms with Gasteiger partial charge >= 0.3 is 261 Å². The average Bonchev–Trinajstić information content (AvgIpc) is 3.32. The molecule has 0 unspecified atom stereocenters. The van der Waals surface area contributed by atoms with Crippen LogP contribution < -0.4 is 15.9 Å². The summed E-state index contributed by atoms with van der Waals surface area (Å²) >= 11 is 0. The molecule has 3 fully saturated rings. The molecule has 11 nitrogen and oxygen atoms in total. The van der Waals surface area contributed by atoms with Crippen LogP contribution in [0.1, 0.15) is 120 Å². The van der Waals surface area contributed by atoms with E-state index in [0.29, 0.717) is 32.2 Å². The van der Waals surface area contributed by atoms with Crippen molar-refractivity contribution in [2.45, 2.75) is 186 Å². The Morgan fingerprint density at radius 3 is 1.84 bits per heavy atom. The second-order valence-corrected chi connectivity index (χ2v) is 26.8. The van der Waals surface area contributed by atoms with Gasteiger partial charge in [0.2, 0.25) is 0 Å². The van der Waals surface area contributed by atoms with Gasteiger partial charge in [0, 0.05) is 24.8 Å². The van der Waals surface area contributed by atoms with Crippen LogP contribution in [0.3, 0.4) is 0 Å². The number of hydrogen-bond donors (Lipinski definition) is 3. The number of ether oxygens (including phenoxy) is 5. The van der Waals surface area contributed by atoms with E-state index in [1.165, 1.54) is 15.9 Å². The molecule has 3 N–H and O–H groups in total. The molecule has 6 rings (SSSR count). The zero-order valence-corrected chi connectivity index (χ0v) is 45.5. The molecule has 70 heavy (non-hydrogen) atoms. The molecule has 0 saturated carbocycles. The quantitative estimate of drug-likeness (QED) is 0.0777. The van der Waals surface area contributed by atoms with Gasteiger partial charge in [-0.25, -0.2) is 0 Å². The van der Waals surface area contributed by atoms with Gasteiger partial charge in [-0.3, -0.25) is 4.79 Å². The topological polar surface area (TPSA) is 130 Å². The molecule has 15 atom stereocenters. The normalized spacial score (nSPS) is 35.9. The predicted octanol–water partition coefficient (Wildman–Crippen LogP) is 8.07. The van der Waals surface area contributed by atoms with Gasteiger partial charge in [0.1, 0.15) is 0 Å². The Morgan fingerprint density at radius 2 is 1.29 bits per heavy atom. The minimum atomic E-state index is -2.32. The van der Waals surface area contributed by atoms with E-state index in [0.717, 1.165) is 44.8 Å². The molecule has 0 aromatic heterocycles. The molecule has 0 spiro atoms. The second kappa shape index (κ2) is 25.4. The van der Waals surface area contributed by atoms with E-state index in [9.17, 15) is 20.1 Å². The molecule has 3 saturated heterocycles. The number of benzene rings is 3. The van der Waals surface area contributed by atoms with Gasteiger partial charge in [-0.05, 0) is 47.2 Å². The summed E-state index contributed by atoms with van der Waals surface area (Å²) < 4.78 is 32.6. The van der Waals surface area contributed by atoms with Crippen LogP contribution in [0.4, 0.5) is 0 Å². The first-order valence-corrected chi connectivity index (χ1v) is 28.9. The number of nitrogens with zero attached hydrogens (tertiary/aromatic N) is 2. The van der Waals surface area contributed by atoms with Crippen molar-refractivity contribution in [1.82, 2.24) is 9.80 Å². The molecule has 0 amide bonds. The Labute approximate surface area is 422 Å². The number of carbonyl (C=O) groups excluding carboxylic acids is 1. The number of aliphatic hydroxyl groups excluding tert-OH is 1. The third-order valence-electron chi connectivity index (χ3n) is 16.0. The maximum atomic E-state index is 14.2. The van der Waals surface area contributed by atoms with Crippen LogP contribution in [-0.2, 0) is 28.5 Å². The minimum absolute atomic E-state index is 0.0281. The van der Waals surface area contributed by atoms with Crippen molar-refractivity contribution < 1.29 is 43.8 Å². The fourth-order valence-corrected chi connectivity index (χ4v) is 17.2. The monoisotopic (exact) mass is 991 g/mol. The van der Waals surface area contributed by atoms with E-state index < -0.39 is 73.3 Å². The Hall–Kier alpha value is -2.80. The van der Waals surface area contributed by atoms with E-state index >= 15 is 0 Å². The maximum absolute atomic E-state index is 14.2. The van der Waals surface area contributed by atoms with Gasteiger partial charge in [0.25, 0.3) is 0 Å². The number of cyclic esters (lactones) is 1. The molecule has 3 aromatic rings. The van der Waals surface area contributed by atoms with Gasteiger partial charge in [-0.1, -0.05) is 13.8 Å². The summed E-state index contributed by atoms with van der Waals surface area (Å²) in [6.07, 6.45) is 4.03. The Bertz CT molecular complexity index is 1900. The summed E-state index contributed by atoms with van der Waals surface area (Å²) in [6.45, 7) is 19.0. The van der Waals surface area contributed by atoms with E-state index in [4.69, 9.17) is 23.7 Å². The van der Waals surface area contributed by atoms with Crippen LogP contribution in [0.2, 0.25) is 0 Å². The van der Waals surface area contributed by atoms with Crippen LogP contribution in [0.25, 0.3) is 0 Å². The fraction of sp³-hybridized carbons (Fsp3) is 0.672. The summed E-state index contributed by atoms with van der Waals surface area (Å²) in [5, 5.41) is 39.9. The molecule has 0 aliphatic carbocycles. The second-order valence-electron chi connectivity index (χ2n) is 22.7. The first kappa shape index (κ1) is 56.5. The molecule has 3 aromatic carbocycles. The van der Waals surface area contributed by atoms with Gasteiger partial charge in [0.15, 0.2) is 12.6 Å². The number of unbranched alkanes of at least 4 members (excludes halogenated alkanes) is 3. The number of esters is 1. The molecule has 3 heterocycles. The van der Waals surface area contributed by atoms with Crippen molar-refractivity contribution in [2.24, 2.45) is 23.7 Å². The molecule has 3 aliphatic heterocycles. The first-order chi connectivity index (χ1) is 33.2. The number of aliphatic hydroxyl groups is 3. The zero-order valence-electron chi connectivity index (χ0n) is 44.5. The number of hydrogen-bond acceptors (Lipinski definition) is 11. The predicted molar refractivity (Wildman–Crippen MR) is 285 cm³/mol. The number of rotatable bonds is 15. The van der Waals surface area contributed by atoms with Crippen LogP contribution in [0.5, 0.6) is 0 Å². The summed E-state index contributed by atoms with van der Waals surface area (Å²) in [5.74, 6) is -1.93.